The van der Waals surface area contributed by atoms with Gasteiger partial charge in [0.2, 0.25) is 11.8 Å². The second kappa shape index (κ2) is 11.2. The minimum atomic E-state index is -1.25. The van der Waals surface area contributed by atoms with Gasteiger partial charge in [-0.2, -0.15) is 5.26 Å². The summed E-state index contributed by atoms with van der Waals surface area (Å²) in [6.45, 7) is 0. The van der Waals surface area contributed by atoms with Gasteiger partial charge in [-0.05, 0) is 29.8 Å². The van der Waals surface area contributed by atoms with Crippen LogP contribution in [0.4, 0.5) is 5.69 Å². The van der Waals surface area contributed by atoms with Crippen molar-refractivity contribution in [2.45, 2.75) is 5.92 Å². The van der Waals surface area contributed by atoms with E-state index in [1.54, 1.807) is 48.5 Å². The predicted octanol–water partition coefficient (Wildman–Crippen LogP) is 2.81. The summed E-state index contributed by atoms with van der Waals surface area (Å²) >= 11 is 1.00. The molecule has 3 rings (SSSR count). The number of benzene rings is 2. The molecule has 0 fully saturated rings. The Balaban J connectivity index is 1.87. The first kappa shape index (κ1) is 24.7. The first-order valence-electron chi connectivity index (χ1n) is 10.2. The van der Waals surface area contributed by atoms with E-state index in [0.29, 0.717) is 22.7 Å². The number of anilines is 1. The normalized spacial score (nSPS) is 17.3. The van der Waals surface area contributed by atoms with Gasteiger partial charge in [-0.1, -0.05) is 30.0 Å². The first-order chi connectivity index (χ1) is 16.4. The SMILES string of the molecule is COC(=O)[C@@H]1C(=O)NC(SCC(=O)Nc2cccc(OC)c2)=C(C#N)[C@@H]1c1ccc(OC)cc1. The molecular weight excluding hydrogens is 458 g/mol. The minimum absolute atomic E-state index is 0.0732. The fourth-order valence-corrected chi connectivity index (χ4v) is 4.37. The van der Waals surface area contributed by atoms with Gasteiger partial charge in [-0.25, -0.2) is 0 Å². The molecule has 0 bridgehead atoms. The predicted molar refractivity (Wildman–Crippen MR) is 126 cm³/mol. The summed E-state index contributed by atoms with van der Waals surface area (Å²) in [6, 6.07) is 15.7. The quantitative estimate of drug-likeness (QED) is 0.435. The average molecular weight is 482 g/mol. The topological polar surface area (TPSA) is 127 Å². The number of carbonyl (C=O) groups is 3. The first-order valence-corrected chi connectivity index (χ1v) is 11.1. The molecule has 9 nitrogen and oxygen atoms in total. The van der Waals surface area contributed by atoms with Gasteiger partial charge in [0.25, 0.3) is 0 Å². The molecule has 0 saturated heterocycles. The number of nitrogens with one attached hydrogen (secondary N) is 2. The zero-order valence-corrected chi connectivity index (χ0v) is 19.6. The number of nitrogens with zero attached hydrogens (tertiary/aromatic N) is 1. The number of esters is 1. The number of rotatable bonds is 8. The largest absolute Gasteiger partial charge is 0.497 e. The Kier molecular flexibility index (Phi) is 8.16. The molecule has 0 spiro atoms. The molecule has 0 unspecified atom stereocenters. The van der Waals surface area contributed by atoms with Gasteiger partial charge in [-0.15, -0.1) is 0 Å². The monoisotopic (exact) mass is 481 g/mol. The fraction of sp³-hybridized carbons (Fsp3) is 0.250. The lowest BCUT2D eigenvalue weighted by Crippen LogP contribution is -2.44. The van der Waals surface area contributed by atoms with E-state index in [1.807, 2.05) is 0 Å². The van der Waals surface area contributed by atoms with Gasteiger partial charge in [0.1, 0.15) is 17.4 Å². The number of allylic oxidation sites excluding steroid dienone is 1. The molecule has 2 atom stereocenters. The summed E-state index contributed by atoms with van der Waals surface area (Å²) < 4.78 is 15.1. The van der Waals surface area contributed by atoms with E-state index in [0.717, 1.165) is 11.8 Å². The lowest BCUT2D eigenvalue weighted by molar-refractivity contribution is -0.150. The summed E-state index contributed by atoms with van der Waals surface area (Å²) in [6.07, 6.45) is 0. The van der Waals surface area contributed by atoms with Crippen LogP contribution in [0.1, 0.15) is 11.5 Å². The Morgan fingerprint density at radius 2 is 1.79 bits per heavy atom. The minimum Gasteiger partial charge on any atom is -0.497 e. The Morgan fingerprint density at radius 1 is 1.09 bits per heavy atom. The summed E-state index contributed by atoms with van der Waals surface area (Å²) in [5.41, 5.74) is 1.29. The summed E-state index contributed by atoms with van der Waals surface area (Å²) in [5.74, 6) is -2.72. The lowest BCUT2D eigenvalue weighted by atomic mass is 9.78. The molecule has 176 valence electrons. The van der Waals surface area contributed by atoms with Gasteiger partial charge in [0.15, 0.2) is 0 Å². The maximum Gasteiger partial charge on any atom is 0.319 e. The Bertz CT molecular complexity index is 1160. The highest BCUT2D eigenvalue weighted by Gasteiger charge is 2.44. The third-order valence-electron chi connectivity index (χ3n) is 5.16. The Morgan fingerprint density at radius 3 is 2.41 bits per heavy atom. The molecule has 2 aromatic rings. The lowest BCUT2D eigenvalue weighted by Gasteiger charge is -2.31. The van der Waals surface area contributed by atoms with Crippen molar-refractivity contribution in [1.29, 1.82) is 5.26 Å². The molecule has 1 heterocycles. The van der Waals surface area contributed by atoms with Crippen molar-refractivity contribution < 1.29 is 28.6 Å². The van der Waals surface area contributed by atoms with Crippen LogP contribution in [0, 0.1) is 17.2 Å². The molecule has 0 saturated carbocycles. The molecule has 1 aliphatic heterocycles. The van der Waals surface area contributed by atoms with Crippen LogP contribution in [-0.4, -0.2) is 44.9 Å². The summed E-state index contributed by atoms with van der Waals surface area (Å²) in [5, 5.41) is 15.5. The zero-order chi connectivity index (χ0) is 24.7. The molecule has 2 N–H and O–H groups in total. The van der Waals surface area contributed by atoms with E-state index in [9.17, 15) is 19.6 Å². The molecule has 0 aromatic heterocycles. The van der Waals surface area contributed by atoms with Gasteiger partial charge in [0, 0.05) is 17.7 Å². The highest BCUT2D eigenvalue weighted by Crippen LogP contribution is 2.40. The number of hydrogen-bond donors (Lipinski definition) is 2. The fourth-order valence-electron chi connectivity index (χ4n) is 3.53. The van der Waals surface area contributed by atoms with E-state index in [1.165, 1.54) is 21.3 Å². The van der Waals surface area contributed by atoms with Crippen molar-refractivity contribution in [2.75, 3.05) is 32.4 Å². The third-order valence-corrected chi connectivity index (χ3v) is 6.18. The van der Waals surface area contributed by atoms with Crippen LogP contribution >= 0.6 is 11.8 Å². The van der Waals surface area contributed by atoms with Gasteiger partial charge in [0.05, 0.1) is 43.8 Å². The molecule has 1 aliphatic rings. The molecule has 2 aromatic carbocycles. The Hall–Kier alpha value is -3.97. The average Bonchev–Trinajstić information content (AvgIpc) is 2.86. The van der Waals surface area contributed by atoms with Crippen molar-refractivity contribution in [1.82, 2.24) is 5.32 Å². The van der Waals surface area contributed by atoms with Crippen LogP contribution in [-0.2, 0) is 19.1 Å². The van der Waals surface area contributed by atoms with Crippen molar-refractivity contribution in [3.63, 3.8) is 0 Å². The maximum atomic E-state index is 12.9. The van der Waals surface area contributed by atoms with Crippen LogP contribution in [0.5, 0.6) is 11.5 Å². The molecular formula is C24H23N3O6S. The number of ether oxygens (including phenoxy) is 3. The number of nitriles is 1. The Labute approximate surface area is 201 Å². The molecule has 0 radical (unpaired) electrons. The second-order valence-corrected chi connectivity index (χ2v) is 8.15. The van der Waals surface area contributed by atoms with E-state index in [4.69, 9.17) is 14.2 Å². The second-order valence-electron chi connectivity index (χ2n) is 7.16. The molecule has 10 heteroatoms. The number of thioether (sulfide) groups is 1. The van der Waals surface area contributed by atoms with Gasteiger partial charge < -0.3 is 24.8 Å². The standard InChI is InChI=1S/C24H23N3O6S/c1-31-16-9-7-14(8-10-16)20-18(12-25)23(27-22(29)21(20)24(30)33-3)34-13-19(28)26-15-5-4-6-17(11-15)32-2/h4-11,20-21H,13H2,1-3H3,(H,26,28)(H,27,29)/t20-,21-/m0/s1. The summed E-state index contributed by atoms with van der Waals surface area (Å²) in [7, 11) is 4.23. The van der Waals surface area contributed by atoms with Crippen molar-refractivity contribution in [3.8, 4) is 17.6 Å². The van der Waals surface area contributed by atoms with Crippen LogP contribution in [0.15, 0.2) is 59.1 Å². The van der Waals surface area contributed by atoms with E-state index >= 15 is 0 Å². The molecule has 0 aliphatic carbocycles. The van der Waals surface area contributed by atoms with Crippen LogP contribution in [0.25, 0.3) is 0 Å². The highest BCUT2D eigenvalue weighted by atomic mass is 32.2. The number of hydrogen-bond acceptors (Lipinski definition) is 8. The zero-order valence-electron chi connectivity index (χ0n) is 18.8. The molecule has 34 heavy (non-hydrogen) atoms. The number of amides is 2. The van der Waals surface area contributed by atoms with Crippen LogP contribution in [0.3, 0.4) is 0 Å². The number of methoxy groups -OCH3 is 3. The van der Waals surface area contributed by atoms with Gasteiger partial charge >= 0.3 is 5.97 Å². The maximum absolute atomic E-state index is 12.9. The van der Waals surface area contributed by atoms with E-state index < -0.39 is 23.7 Å². The van der Waals surface area contributed by atoms with E-state index in [2.05, 4.69) is 16.7 Å². The van der Waals surface area contributed by atoms with Crippen molar-refractivity contribution in [3.05, 3.63) is 64.7 Å². The number of carbonyl (C=O) groups excluding carboxylic acids is 3. The molecule has 2 amide bonds. The highest BCUT2D eigenvalue weighted by molar-refractivity contribution is 8.03. The third kappa shape index (κ3) is 5.50. The smallest absolute Gasteiger partial charge is 0.319 e. The summed E-state index contributed by atoms with van der Waals surface area (Å²) in [4.78, 5) is 37.8. The van der Waals surface area contributed by atoms with Crippen molar-refractivity contribution >= 4 is 35.2 Å². The van der Waals surface area contributed by atoms with E-state index in [-0.39, 0.29) is 22.3 Å². The van der Waals surface area contributed by atoms with Gasteiger partial charge in [-0.3, -0.25) is 14.4 Å². The van der Waals surface area contributed by atoms with Crippen molar-refractivity contribution in [2.24, 2.45) is 5.92 Å². The van der Waals surface area contributed by atoms with Crippen LogP contribution < -0.4 is 20.1 Å². The van der Waals surface area contributed by atoms with Crippen LogP contribution in [0.2, 0.25) is 0 Å².